The molecule has 2 aromatic carbocycles. The van der Waals surface area contributed by atoms with Crippen LogP contribution >= 0.6 is 21.6 Å². The lowest BCUT2D eigenvalue weighted by Gasteiger charge is -2.19. The Bertz CT molecular complexity index is 575. The Morgan fingerprint density at radius 3 is 1.42 bits per heavy atom. The first-order valence-electron chi connectivity index (χ1n) is 8.43. The molecule has 0 fully saturated rings. The van der Waals surface area contributed by atoms with Crippen LogP contribution in [0.4, 0.5) is 8.78 Å². The molecule has 0 saturated carbocycles. The van der Waals surface area contributed by atoms with E-state index in [1.807, 2.05) is 45.9 Å². The van der Waals surface area contributed by atoms with Crippen molar-refractivity contribution in [2.45, 2.75) is 50.0 Å². The predicted molar refractivity (Wildman–Crippen MR) is 104 cm³/mol. The van der Waals surface area contributed by atoms with Gasteiger partial charge in [0.25, 0.3) is 0 Å². The zero-order chi connectivity index (χ0) is 17.4. The largest absolute Gasteiger partial charge is 0.207 e. The molecule has 0 radical (unpaired) electrons. The molecule has 2 rings (SSSR count). The van der Waals surface area contributed by atoms with Crippen LogP contribution in [-0.4, -0.2) is 10.5 Å². The number of hydrogen-bond donors (Lipinski definition) is 0. The molecule has 0 aliphatic heterocycles. The third kappa shape index (κ3) is 5.82. The van der Waals surface area contributed by atoms with Gasteiger partial charge in [0, 0.05) is 10.5 Å². The van der Waals surface area contributed by atoms with Gasteiger partial charge in [-0.05, 0) is 48.9 Å². The highest BCUT2D eigenvalue weighted by Crippen LogP contribution is 2.37. The predicted octanol–water partition coefficient (Wildman–Crippen LogP) is 6.69. The van der Waals surface area contributed by atoms with Gasteiger partial charge in [-0.25, -0.2) is 8.78 Å². The summed E-state index contributed by atoms with van der Waals surface area (Å²) in [7, 11) is 3.62. The third-order valence-electron chi connectivity index (χ3n) is 4.05. The molecule has 0 spiro atoms. The van der Waals surface area contributed by atoms with Crippen LogP contribution in [0, 0.1) is 11.6 Å². The Morgan fingerprint density at radius 2 is 1.08 bits per heavy atom. The maximum Gasteiger partial charge on any atom is 0.126 e. The van der Waals surface area contributed by atoms with Gasteiger partial charge in [-0.1, -0.05) is 71.8 Å². The average molecular weight is 367 g/mol. The average Bonchev–Trinajstić information content (AvgIpc) is 2.60. The Balaban J connectivity index is 1.91. The minimum Gasteiger partial charge on any atom is -0.207 e. The zero-order valence-electron chi connectivity index (χ0n) is 14.2. The van der Waals surface area contributed by atoms with Crippen LogP contribution in [0.25, 0.3) is 0 Å². The van der Waals surface area contributed by atoms with Crippen molar-refractivity contribution >= 4 is 21.6 Å². The second kappa shape index (κ2) is 10.1. The molecule has 4 heteroatoms. The molecule has 0 bridgehead atoms. The summed E-state index contributed by atoms with van der Waals surface area (Å²) in [6, 6.07) is 14.0. The third-order valence-corrected chi connectivity index (χ3v) is 7.67. The second-order valence-corrected chi connectivity index (χ2v) is 8.72. The van der Waals surface area contributed by atoms with Crippen LogP contribution in [-0.2, 0) is 12.8 Å². The maximum atomic E-state index is 13.8. The summed E-state index contributed by atoms with van der Waals surface area (Å²) in [5.74, 6) is -0.250. The fourth-order valence-corrected chi connectivity index (χ4v) is 5.72. The highest BCUT2D eigenvalue weighted by molar-refractivity contribution is 8.77. The second-order valence-electron chi connectivity index (χ2n) is 5.84. The van der Waals surface area contributed by atoms with Gasteiger partial charge < -0.3 is 0 Å². The smallest absolute Gasteiger partial charge is 0.126 e. The summed E-state index contributed by atoms with van der Waals surface area (Å²) >= 11 is 0. The lowest BCUT2D eigenvalue weighted by Crippen LogP contribution is -2.10. The van der Waals surface area contributed by atoms with Gasteiger partial charge >= 0.3 is 0 Å². The van der Waals surface area contributed by atoms with E-state index in [-0.39, 0.29) is 11.6 Å². The van der Waals surface area contributed by atoms with Crippen LogP contribution in [0.15, 0.2) is 48.5 Å². The summed E-state index contributed by atoms with van der Waals surface area (Å²) in [5, 5.41) is 0.725. The van der Waals surface area contributed by atoms with E-state index in [1.54, 1.807) is 12.1 Å². The lowest BCUT2D eigenvalue weighted by molar-refractivity contribution is 0.604. The van der Waals surface area contributed by atoms with Crippen molar-refractivity contribution in [1.29, 1.82) is 0 Å². The first-order chi connectivity index (χ1) is 11.6. The molecule has 2 atom stereocenters. The summed E-state index contributed by atoms with van der Waals surface area (Å²) in [5.41, 5.74) is 1.55. The van der Waals surface area contributed by atoms with Crippen LogP contribution in [0.5, 0.6) is 0 Å². The molecule has 0 amide bonds. The summed E-state index contributed by atoms with van der Waals surface area (Å²) in [6.07, 6.45) is 3.44. The van der Waals surface area contributed by atoms with Crippen molar-refractivity contribution in [2.75, 3.05) is 0 Å². The van der Waals surface area contributed by atoms with Crippen molar-refractivity contribution in [3.8, 4) is 0 Å². The number of benzene rings is 2. The fourth-order valence-electron chi connectivity index (χ4n) is 2.47. The number of hydrogen-bond acceptors (Lipinski definition) is 2. The summed E-state index contributed by atoms with van der Waals surface area (Å²) in [6.45, 7) is 4.27. The molecule has 0 nitrogen and oxygen atoms in total. The van der Waals surface area contributed by atoms with E-state index in [0.717, 1.165) is 36.8 Å². The van der Waals surface area contributed by atoms with Gasteiger partial charge in [-0.15, -0.1) is 0 Å². The lowest BCUT2D eigenvalue weighted by atomic mass is 10.1. The monoisotopic (exact) mass is 366 g/mol. The first-order valence-corrected chi connectivity index (χ1v) is 10.7. The van der Waals surface area contributed by atoms with Gasteiger partial charge in [0.15, 0.2) is 0 Å². The molecule has 0 aromatic heterocycles. The maximum absolute atomic E-state index is 13.8. The number of rotatable bonds is 9. The van der Waals surface area contributed by atoms with Crippen molar-refractivity contribution in [1.82, 2.24) is 0 Å². The molecule has 0 aliphatic carbocycles. The van der Waals surface area contributed by atoms with Gasteiger partial charge in [-0.3, -0.25) is 0 Å². The van der Waals surface area contributed by atoms with E-state index in [2.05, 4.69) is 13.8 Å². The van der Waals surface area contributed by atoms with Crippen molar-refractivity contribution in [2.24, 2.45) is 0 Å². The Kier molecular flexibility index (Phi) is 8.13. The molecular weight excluding hydrogens is 342 g/mol. The van der Waals surface area contributed by atoms with E-state index < -0.39 is 0 Å². The van der Waals surface area contributed by atoms with Crippen molar-refractivity contribution < 1.29 is 8.78 Å². The Morgan fingerprint density at radius 1 is 0.708 bits per heavy atom. The van der Waals surface area contributed by atoms with E-state index in [4.69, 9.17) is 0 Å². The van der Waals surface area contributed by atoms with Crippen LogP contribution in [0.1, 0.15) is 37.8 Å². The Labute approximate surface area is 151 Å². The first kappa shape index (κ1) is 19.3. The van der Waals surface area contributed by atoms with E-state index >= 15 is 0 Å². The molecule has 130 valence electrons. The molecule has 0 N–H and O–H groups in total. The molecule has 24 heavy (non-hydrogen) atoms. The molecule has 0 heterocycles. The summed E-state index contributed by atoms with van der Waals surface area (Å²) in [4.78, 5) is 0. The Hall–Kier alpha value is -1.00. The van der Waals surface area contributed by atoms with E-state index in [1.165, 1.54) is 12.1 Å². The number of halogens is 2. The standard InChI is InChI=1S/C20H24F2S2/c1-3-17(13-15-9-5-7-11-19(15)21)23-24-18(4-2)14-16-10-6-8-12-20(16)22/h5-12,17-18H,3-4,13-14H2,1-2H3. The SMILES string of the molecule is CCC(Cc1ccccc1F)SSC(CC)Cc1ccccc1F. The normalized spacial score (nSPS) is 13.7. The zero-order valence-corrected chi connectivity index (χ0v) is 15.8. The highest BCUT2D eigenvalue weighted by Gasteiger charge is 2.16. The minimum atomic E-state index is -0.125. The molecule has 2 aromatic rings. The van der Waals surface area contributed by atoms with Gasteiger partial charge in [0.1, 0.15) is 11.6 Å². The molecular formula is C20H24F2S2. The van der Waals surface area contributed by atoms with Gasteiger partial charge in [0.2, 0.25) is 0 Å². The molecule has 2 unspecified atom stereocenters. The van der Waals surface area contributed by atoms with Crippen LogP contribution in [0.2, 0.25) is 0 Å². The van der Waals surface area contributed by atoms with E-state index in [0.29, 0.717) is 10.5 Å². The van der Waals surface area contributed by atoms with Crippen LogP contribution < -0.4 is 0 Å². The fraction of sp³-hybridized carbons (Fsp3) is 0.400. The molecule has 0 aliphatic rings. The van der Waals surface area contributed by atoms with E-state index in [9.17, 15) is 8.78 Å². The van der Waals surface area contributed by atoms with Crippen LogP contribution in [0.3, 0.4) is 0 Å². The topological polar surface area (TPSA) is 0 Å². The molecule has 0 saturated heterocycles. The minimum absolute atomic E-state index is 0.125. The summed E-state index contributed by atoms with van der Waals surface area (Å²) < 4.78 is 27.7. The van der Waals surface area contributed by atoms with Gasteiger partial charge in [-0.2, -0.15) is 0 Å². The highest BCUT2D eigenvalue weighted by atomic mass is 33.1. The van der Waals surface area contributed by atoms with Crippen molar-refractivity contribution in [3.63, 3.8) is 0 Å². The quantitative estimate of drug-likeness (QED) is 0.454. The van der Waals surface area contributed by atoms with Crippen molar-refractivity contribution in [3.05, 3.63) is 71.3 Å². The van der Waals surface area contributed by atoms with Gasteiger partial charge in [0.05, 0.1) is 0 Å².